The summed E-state index contributed by atoms with van der Waals surface area (Å²) in [6, 6.07) is 14.8. The second-order valence-electron chi connectivity index (χ2n) is 6.73. The molecule has 3 heterocycles. The summed E-state index contributed by atoms with van der Waals surface area (Å²) in [5.74, 6) is 0.683. The molecule has 29 heavy (non-hydrogen) atoms. The van der Waals surface area contributed by atoms with Gasteiger partial charge in [-0.3, -0.25) is 4.98 Å². The summed E-state index contributed by atoms with van der Waals surface area (Å²) >= 11 is 1.62. The first kappa shape index (κ1) is 17.8. The molecule has 7 heteroatoms. The first-order valence-electron chi connectivity index (χ1n) is 9.40. The molecule has 5 rings (SSSR count). The number of imidazole rings is 1. The minimum atomic E-state index is -0.277. The molecule has 5 aromatic rings. The minimum Gasteiger partial charge on any atom is -0.328 e. The number of benzene rings is 2. The number of hydrogen-bond acceptors (Lipinski definition) is 4. The molecule has 0 N–H and O–H groups in total. The Kier molecular flexibility index (Phi) is 4.44. The van der Waals surface area contributed by atoms with Gasteiger partial charge in [0.05, 0.1) is 32.8 Å². The highest BCUT2D eigenvalue weighted by Crippen LogP contribution is 2.28. The number of aryl methyl sites for hydroxylation is 1. The monoisotopic (exact) mass is 403 g/mol. The van der Waals surface area contributed by atoms with Crippen molar-refractivity contribution in [3.63, 3.8) is 0 Å². The highest BCUT2D eigenvalue weighted by Gasteiger charge is 2.14. The topological polar surface area (TPSA) is 48.5 Å². The van der Waals surface area contributed by atoms with Crippen LogP contribution in [0.3, 0.4) is 0 Å². The molecule has 0 saturated carbocycles. The van der Waals surface area contributed by atoms with Crippen LogP contribution in [0.25, 0.3) is 27.2 Å². The molecule has 5 nitrogen and oxygen atoms in total. The predicted octanol–water partition coefficient (Wildman–Crippen LogP) is 5.10. The van der Waals surface area contributed by atoms with E-state index in [1.54, 1.807) is 28.3 Å². The van der Waals surface area contributed by atoms with Crippen molar-refractivity contribution in [3.05, 3.63) is 83.8 Å². The largest absolute Gasteiger partial charge is 0.328 e. The summed E-state index contributed by atoms with van der Waals surface area (Å²) < 4.78 is 17.7. The molecule has 0 amide bonds. The van der Waals surface area contributed by atoms with Crippen LogP contribution in [-0.2, 0) is 13.0 Å². The van der Waals surface area contributed by atoms with E-state index < -0.39 is 0 Å². The van der Waals surface area contributed by atoms with Crippen LogP contribution in [0.5, 0.6) is 0 Å². The first-order valence-corrected chi connectivity index (χ1v) is 10.3. The summed E-state index contributed by atoms with van der Waals surface area (Å²) in [6.07, 6.45) is 4.22. The molecular formula is C22H18FN5S. The third-order valence-corrected chi connectivity index (χ3v) is 5.80. The van der Waals surface area contributed by atoms with Crippen LogP contribution in [0, 0.1) is 5.82 Å². The van der Waals surface area contributed by atoms with E-state index in [0.717, 1.165) is 39.5 Å². The van der Waals surface area contributed by atoms with Crippen LogP contribution < -0.4 is 0 Å². The Balaban J connectivity index is 1.55. The van der Waals surface area contributed by atoms with Gasteiger partial charge in [-0.25, -0.2) is 14.1 Å². The van der Waals surface area contributed by atoms with E-state index in [1.807, 2.05) is 23.8 Å². The van der Waals surface area contributed by atoms with E-state index in [-0.39, 0.29) is 5.82 Å². The maximum absolute atomic E-state index is 13.7. The molecule has 0 radical (unpaired) electrons. The second kappa shape index (κ2) is 7.25. The fourth-order valence-electron chi connectivity index (χ4n) is 3.65. The van der Waals surface area contributed by atoms with Gasteiger partial charge >= 0.3 is 0 Å². The molecule has 0 unspecified atom stereocenters. The molecule has 0 bridgehead atoms. The maximum atomic E-state index is 13.7. The lowest BCUT2D eigenvalue weighted by molar-refractivity contribution is 0.624. The normalized spacial score (nSPS) is 11.4. The number of aromatic nitrogens is 5. The van der Waals surface area contributed by atoms with Crippen LogP contribution in [-0.4, -0.2) is 24.3 Å². The molecule has 144 valence electrons. The van der Waals surface area contributed by atoms with Crippen molar-refractivity contribution >= 4 is 22.4 Å². The van der Waals surface area contributed by atoms with Crippen LogP contribution in [0.1, 0.15) is 18.4 Å². The van der Waals surface area contributed by atoms with Gasteiger partial charge in [-0.1, -0.05) is 12.1 Å². The summed E-state index contributed by atoms with van der Waals surface area (Å²) in [7, 11) is 0. The van der Waals surface area contributed by atoms with E-state index in [2.05, 4.69) is 39.8 Å². The van der Waals surface area contributed by atoms with Crippen LogP contribution in [0.2, 0.25) is 0 Å². The molecular weight excluding hydrogens is 385 g/mol. The molecule has 0 aliphatic rings. The van der Waals surface area contributed by atoms with Gasteiger partial charge in [-0.2, -0.15) is 5.10 Å². The van der Waals surface area contributed by atoms with Gasteiger partial charge in [-0.05, 0) is 48.9 Å². The van der Waals surface area contributed by atoms with Gasteiger partial charge in [0.1, 0.15) is 11.6 Å². The number of halogens is 1. The Bertz CT molecular complexity index is 1290. The van der Waals surface area contributed by atoms with Crippen molar-refractivity contribution in [3.8, 4) is 16.1 Å². The van der Waals surface area contributed by atoms with Gasteiger partial charge in [-0.15, -0.1) is 11.3 Å². The highest BCUT2D eigenvalue weighted by molar-refractivity contribution is 7.13. The van der Waals surface area contributed by atoms with Crippen LogP contribution in [0.15, 0.2) is 66.4 Å². The Morgan fingerprint density at radius 3 is 2.83 bits per heavy atom. The van der Waals surface area contributed by atoms with Crippen molar-refractivity contribution in [2.75, 3.05) is 0 Å². The average molecular weight is 403 g/mol. The quantitative estimate of drug-likeness (QED) is 0.410. The second-order valence-corrected chi connectivity index (χ2v) is 7.62. The number of nitrogens with zero attached hydrogens (tertiary/aromatic N) is 5. The van der Waals surface area contributed by atoms with Gasteiger partial charge in [0.2, 0.25) is 0 Å². The molecule has 0 aliphatic carbocycles. The number of thiazole rings is 1. The Morgan fingerprint density at radius 2 is 2.03 bits per heavy atom. The summed E-state index contributed by atoms with van der Waals surface area (Å²) in [5.41, 5.74) is 6.69. The van der Waals surface area contributed by atoms with Crippen LogP contribution in [0.4, 0.5) is 4.39 Å². The van der Waals surface area contributed by atoms with E-state index in [9.17, 15) is 4.39 Å². The zero-order chi connectivity index (χ0) is 19.8. The smallest absolute Gasteiger partial charge is 0.125 e. The lowest BCUT2D eigenvalue weighted by Gasteiger charge is -2.09. The summed E-state index contributed by atoms with van der Waals surface area (Å²) in [4.78, 5) is 10.2. The van der Waals surface area contributed by atoms with Gasteiger partial charge in [0.15, 0.2) is 0 Å². The van der Waals surface area contributed by atoms with Crippen molar-refractivity contribution in [2.24, 2.45) is 0 Å². The SMILES string of the molecule is CCn1c(Cc2ccnn2-c2cccc(F)c2)nc2cc(-c3cncs3)ccc21. The molecule has 0 atom stereocenters. The van der Waals surface area contributed by atoms with Crippen molar-refractivity contribution < 1.29 is 4.39 Å². The average Bonchev–Trinajstić information content (AvgIpc) is 3.47. The van der Waals surface area contributed by atoms with Crippen molar-refractivity contribution in [1.82, 2.24) is 24.3 Å². The van der Waals surface area contributed by atoms with E-state index >= 15 is 0 Å². The third kappa shape index (κ3) is 3.23. The van der Waals surface area contributed by atoms with Gasteiger partial charge in [0.25, 0.3) is 0 Å². The maximum Gasteiger partial charge on any atom is 0.125 e. The zero-order valence-electron chi connectivity index (χ0n) is 15.8. The fraction of sp³-hybridized carbons (Fsp3) is 0.136. The van der Waals surface area contributed by atoms with E-state index in [1.165, 1.54) is 12.1 Å². The number of fused-ring (bicyclic) bond motifs is 1. The molecule has 0 aliphatic heterocycles. The molecule has 2 aromatic carbocycles. The Hall–Kier alpha value is -3.32. The lowest BCUT2D eigenvalue weighted by Crippen LogP contribution is -2.07. The first-order chi connectivity index (χ1) is 14.2. The van der Waals surface area contributed by atoms with E-state index in [4.69, 9.17) is 4.98 Å². The molecule has 0 saturated heterocycles. The number of rotatable bonds is 5. The zero-order valence-corrected chi connectivity index (χ0v) is 16.6. The summed E-state index contributed by atoms with van der Waals surface area (Å²) in [5, 5.41) is 4.39. The highest BCUT2D eigenvalue weighted by atomic mass is 32.1. The fourth-order valence-corrected chi connectivity index (χ4v) is 4.27. The summed E-state index contributed by atoms with van der Waals surface area (Å²) in [6.45, 7) is 2.94. The Morgan fingerprint density at radius 1 is 1.10 bits per heavy atom. The number of hydrogen-bond donors (Lipinski definition) is 0. The third-order valence-electron chi connectivity index (χ3n) is 4.97. The molecule has 0 spiro atoms. The Labute approximate surface area is 171 Å². The van der Waals surface area contributed by atoms with Gasteiger partial charge in [0, 0.05) is 25.4 Å². The van der Waals surface area contributed by atoms with Crippen LogP contribution >= 0.6 is 11.3 Å². The standard InChI is InChI=1S/C22H18FN5S/c1-2-27-20-7-6-15(21-13-24-14-29-21)10-19(20)26-22(27)12-18-8-9-25-28(18)17-5-3-4-16(23)11-17/h3-11,13-14H,2,12H2,1H3. The predicted molar refractivity (Wildman–Crippen MR) is 113 cm³/mol. The minimum absolute atomic E-state index is 0.277. The van der Waals surface area contributed by atoms with Gasteiger partial charge < -0.3 is 4.57 Å². The lowest BCUT2D eigenvalue weighted by atomic mass is 10.2. The van der Waals surface area contributed by atoms with Crippen molar-refractivity contribution in [2.45, 2.75) is 19.9 Å². The van der Waals surface area contributed by atoms with E-state index in [0.29, 0.717) is 12.1 Å². The molecule has 3 aromatic heterocycles. The molecule has 0 fully saturated rings. The van der Waals surface area contributed by atoms with Crippen molar-refractivity contribution in [1.29, 1.82) is 0 Å².